The first-order valence-electron chi connectivity index (χ1n) is 6.16. The Morgan fingerprint density at radius 1 is 1.21 bits per heavy atom. The van der Waals surface area contributed by atoms with Gasteiger partial charge in [-0.1, -0.05) is 30.3 Å². The summed E-state index contributed by atoms with van der Waals surface area (Å²) in [4.78, 5) is 13.1. The molecule has 0 atom stereocenters. The normalized spacial score (nSPS) is 13.9. The second kappa shape index (κ2) is 3.99. The maximum Gasteiger partial charge on any atom is 0.347 e. The van der Waals surface area contributed by atoms with Crippen LogP contribution in [0.5, 0.6) is 0 Å². The number of aromatic amines is 1. The van der Waals surface area contributed by atoms with E-state index in [4.69, 9.17) is 0 Å². The minimum absolute atomic E-state index is 0.158. The van der Waals surface area contributed by atoms with Crippen molar-refractivity contribution in [1.82, 2.24) is 14.8 Å². The van der Waals surface area contributed by atoms with Crippen molar-refractivity contribution in [1.29, 1.82) is 0 Å². The van der Waals surface area contributed by atoms with Gasteiger partial charge in [-0.15, -0.1) is 11.8 Å². The first-order valence-corrected chi connectivity index (χ1v) is 7.14. The SMILES string of the molecule is O=c1[nH]nc2n1-c1ccc3ccccc3c1SCC2. The van der Waals surface area contributed by atoms with Crippen molar-refractivity contribution in [2.24, 2.45) is 0 Å². The van der Waals surface area contributed by atoms with Crippen molar-refractivity contribution in [3.8, 4) is 5.69 Å². The molecule has 19 heavy (non-hydrogen) atoms. The maximum atomic E-state index is 12.0. The topological polar surface area (TPSA) is 50.7 Å². The van der Waals surface area contributed by atoms with Crippen molar-refractivity contribution in [2.75, 3.05) is 5.75 Å². The Hall–Kier alpha value is -2.01. The van der Waals surface area contributed by atoms with Gasteiger partial charge in [-0.25, -0.2) is 14.5 Å². The predicted octanol–water partition coefficient (Wildman–Crippen LogP) is 2.36. The molecule has 2 aromatic carbocycles. The van der Waals surface area contributed by atoms with Gasteiger partial charge in [0.2, 0.25) is 0 Å². The zero-order valence-corrected chi connectivity index (χ0v) is 10.9. The lowest BCUT2D eigenvalue weighted by molar-refractivity contribution is 0.879. The van der Waals surface area contributed by atoms with E-state index in [0.717, 1.165) is 23.7 Å². The molecule has 0 bridgehead atoms. The fourth-order valence-corrected chi connectivity index (χ4v) is 3.69. The molecule has 0 aliphatic carbocycles. The summed E-state index contributed by atoms with van der Waals surface area (Å²) in [7, 11) is 0. The van der Waals surface area contributed by atoms with E-state index in [-0.39, 0.29) is 5.69 Å². The van der Waals surface area contributed by atoms with E-state index in [2.05, 4.69) is 28.4 Å². The zero-order valence-electron chi connectivity index (χ0n) is 10.1. The van der Waals surface area contributed by atoms with E-state index in [1.807, 2.05) is 18.2 Å². The lowest BCUT2D eigenvalue weighted by Gasteiger charge is -2.10. The molecule has 0 amide bonds. The lowest BCUT2D eigenvalue weighted by atomic mass is 10.1. The van der Waals surface area contributed by atoms with Crippen LogP contribution < -0.4 is 5.69 Å². The van der Waals surface area contributed by atoms with E-state index in [9.17, 15) is 4.79 Å². The van der Waals surface area contributed by atoms with Gasteiger partial charge in [-0.05, 0) is 16.8 Å². The molecule has 3 aromatic rings. The second-order valence-electron chi connectivity index (χ2n) is 4.51. The molecule has 0 unspecified atom stereocenters. The van der Waals surface area contributed by atoms with Crippen LogP contribution in [-0.4, -0.2) is 20.5 Å². The number of aromatic nitrogens is 3. The maximum absolute atomic E-state index is 12.0. The van der Waals surface area contributed by atoms with E-state index < -0.39 is 0 Å². The van der Waals surface area contributed by atoms with Crippen molar-refractivity contribution < 1.29 is 0 Å². The van der Waals surface area contributed by atoms with Crippen molar-refractivity contribution in [3.05, 3.63) is 52.7 Å². The van der Waals surface area contributed by atoms with Crippen LogP contribution >= 0.6 is 11.8 Å². The van der Waals surface area contributed by atoms with Gasteiger partial charge in [0.25, 0.3) is 0 Å². The summed E-state index contributed by atoms with van der Waals surface area (Å²) >= 11 is 1.80. The Bertz CT molecular complexity index is 834. The molecular weight excluding hydrogens is 258 g/mol. The first-order chi connectivity index (χ1) is 9.34. The average molecular weight is 269 g/mol. The van der Waals surface area contributed by atoms with E-state index in [1.165, 1.54) is 15.7 Å². The summed E-state index contributed by atoms with van der Waals surface area (Å²) in [6.07, 6.45) is 0.798. The van der Waals surface area contributed by atoms with E-state index in [0.29, 0.717) is 0 Å². The second-order valence-corrected chi connectivity index (χ2v) is 5.62. The third kappa shape index (κ3) is 1.55. The Labute approximate surface area is 113 Å². The monoisotopic (exact) mass is 269 g/mol. The molecule has 1 aliphatic heterocycles. The van der Waals surface area contributed by atoms with Gasteiger partial charge >= 0.3 is 5.69 Å². The molecule has 0 saturated heterocycles. The molecule has 0 fully saturated rings. The molecule has 1 N–H and O–H groups in total. The van der Waals surface area contributed by atoms with Crippen molar-refractivity contribution in [3.63, 3.8) is 0 Å². The highest BCUT2D eigenvalue weighted by atomic mass is 32.2. The van der Waals surface area contributed by atoms with Crippen LogP contribution in [-0.2, 0) is 6.42 Å². The number of rotatable bonds is 0. The summed E-state index contributed by atoms with van der Waals surface area (Å²) in [6.45, 7) is 0. The summed E-state index contributed by atoms with van der Waals surface area (Å²) in [5.74, 6) is 1.75. The third-order valence-corrected chi connectivity index (χ3v) is 4.54. The van der Waals surface area contributed by atoms with Crippen molar-refractivity contribution in [2.45, 2.75) is 11.3 Å². The Morgan fingerprint density at radius 2 is 2.11 bits per heavy atom. The lowest BCUT2D eigenvalue weighted by Crippen LogP contribution is -2.16. The Morgan fingerprint density at radius 3 is 3.05 bits per heavy atom. The summed E-state index contributed by atoms with van der Waals surface area (Å²) in [6, 6.07) is 12.3. The summed E-state index contributed by atoms with van der Waals surface area (Å²) < 4.78 is 1.70. The van der Waals surface area contributed by atoms with Crippen LogP contribution in [0.15, 0.2) is 46.1 Å². The van der Waals surface area contributed by atoms with Crippen LogP contribution in [0.4, 0.5) is 0 Å². The minimum atomic E-state index is -0.158. The molecule has 94 valence electrons. The number of hydrogen-bond acceptors (Lipinski definition) is 3. The number of aryl methyl sites for hydroxylation is 1. The van der Waals surface area contributed by atoms with Crippen LogP contribution in [0.3, 0.4) is 0 Å². The van der Waals surface area contributed by atoms with Gasteiger partial charge in [0.1, 0.15) is 5.82 Å². The number of hydrogen-bond donors (Lipinski definition) is 1. The molecule has 1 aromatic heterocycles. The van der Waals surface area contributed by atoms with Gasteiger partial charge in [0, 0.05) is 17.1 Å². The number of H-pyrrole nitrogens is 1. The number of thioether (sulfide) groups is 1. The smallest absolute Gasteiger partial charge is 0.246 e. The third-order valence-electron chi connectivity index (χ3n) is 3.41. The van der Waals surface area contributed by atoms with Gasteiger partial charge < -0.3 is 0 Å². The summed E-state index contributed by atoms with van der Waals surface area (Å²) in [5.41, 5.74) is 0.781. The predicted molar refractivity (Wildman–Crippen MR) is 76.1 cm³/mol. The van der Waals surface area contributed by atoms with Crippen LogP contribution in [0.25, 0.3) is 16.5 Å². The van der Waals surface area contributed by atoms with E-state index >= 15 is 0 Å². The highest BCUT2D eigenvalue weighted by Crippen LogP contribution is 2.35. The quantitative estimate of drug-likeness (QED) is 0.681. The molecule has 2 heterocycles. The molecule has 0 saturated carbocycles. The van der Waals surface area contributed by atoms with Gasteiger partial charge in [-0.2, -0.15) is 5.10 Å². The molecule has 0 radical (unpaired) electrons. The van der Waals surface area contributed by atoms with Crippen LogP contribution in [0, 0.1) is 0 Å². The number of benzene rings is 2. The zero-order chi connectivity index (χ0) is 12.8. The standard InChI is InChI=1S/C14H11N3OS/c18-14-16-15-12-7-8-19-13-10-4-2-1-3-9(10)5-6-11(13)17(12)14/h1-6H,7-8H2,(H,16,18). The van der Waals surface area contributed by atoms with Crippen molar-refractivity contribution >= 4 is 22.5 Å². The first kappa shape index (κ1) is 10.9. The molecular formula is C14H11N3OS. The van der Waals surface area contributed by atoms with Crippen LogP contribution in [0.2, 0.25) is 0 Å². The number of nitrogens with zero attached hydrogens (tertiary/aromatic N) is 2. The average Bonchev–Trinajstić information content (AvgIpc) is 2.70. The summed E-state index contributed by atoms with van der Waals surface area (Å²) in [5, 5.41) is 9.05. The molecule has 4 nitrogen and oxygen atoms in total. The minimum Gasteiger partial charge on any atom is -0.246 e. The molecule has 4 rings (SSSR count). The molecule has 0 spiro atoms. The molecule has 1 aliphatic rings. The van der Waals surface area contributed by atoms with Gasteiger partial charge in [0.15, 0.2) is 0 Å². The Kier molecular flexibility index (Phi) is 2.29. The fraction of sp³-hybridized carbons (Fsp3) is 0.143. The fourth-order valence-electron chi connectivity index (χ4n) is 2.55. The van der Waals surface area contributed by atoms with Crippen LogP contribution in [0.1, 0.15) is 5.82 Å². The number of nitrogens with one attached hydrogen (secondary N) is 1. The highest BCUT2D eigenvalue weighted by molar-refractivity contribution is 7.99. The van der Waals surface area contributed by atoms with Gasteiger partial charge in [-0.3, -0.25) is 0 Å². The highest BCUT2D eigenvalue weighted by Gasteiger charge is 2.19. The van der Waals surface area contributed by atoms with E-state index in [1.54, 1.807) is 16.3 Å². The van der Waals surface area contributed by atoms with Gasteiger partial charge in [0.05, 0.1) is 5.69 Å². The molecule has 5 heteroatoms. The Balaban J connectivity index is 2.14. The largest absolute Gasteiger partial charge is 0.347 e. The number of fused-ring (bicyclic) bond motifs is 5.